The lowest BCUT2D eigenvalue weighted by Gasteiger charge is -2.22. The summed E-state index contributed by atoms with van der Waals surface area (Å²) in [5, 5.41) is 15.2. The van der Waals surface area contributed by atoms with E-state index in [-0.39, 0.29) is 24.4 Å². The molecule has 20 heavy (non-hydrogen) atoms. The molecular weight excluding hydrogens is 264 g/mol. The summed E-state index contributed by atoms with van der Waals surface area (Å²) in [6.07, 6.45) is 0.770. The summed E-state index contributed by atoms with van der Waals surface area (Å²) in [4.78, 5) is 22.6. The van der Waals surface area contributed by atoms with E-state index in [0.29, 0.717) is 36.4 Å². The Morgan fingerprint density at radius 1 is 1.30 bits per heavy atom. The summed E-state index contributed by atoms with van der Waals surface area (Å²) < 4.78 is 10.4. The van der Waals surface area contributed by atoms with Crippen LogP contribution in [0.4, 0.5) is 0 Å². The molecule has 7 heteroatoms. The van der Waals surface area contributed by atoms with E-state index < -0.39 is 6.04 Å². The molecular formula is C13H14N2O5. The minimum Gasteiger partial charge on any atom is -0.507 e. The second-order valence-electron chi connectivity index (χ2n) is 4.72. The van der Waals surface area contributed by atoms with E-state index in [9.17, 15) is 14.7 Å². The smallest absolute Gasteiger partial charge is 0.243 e. The maximum absolute atomic E-state index is 11.6. The van der Waals surface area contributed by atoms with Crippen LogP contribution < -0.4 is 20.1 Å². The van der Waals surface area contributed by atoms with Crippen molar-refractivity contribution in [1.29, 1.82) is 0 Å². The minimum absolute atomic E-state index is 0.0778. The van der Waals surface area contributed by atoms with E-state index in [1.54, 1.807) is 6.07 Å². The summed E-state index contributed by atoms with van der Waals surface area (Å²) in [6.45, 7) is 0.438. The number of ether oxygens (including phenoxy) is 2. The van der Waals surface area contributed by atoms with Gasteiger partial charge >= 0.3 is 0 Å². The van der Waals surface area contributed by atoms with Crippen LogP contribution in [0.25, 0.3) is 0 Å². The molecule has 0 radical (unpaired) electrons. The van der Waals surface area contributed by atoms with E-state index in [4.69, 9.17) is 9.47 Å². The van der Waals surface area contributed by atoms with Gasteiger partial charge in [0.15, 0.2) is 11.5 Å². The highest BCUT2D eigenvalue weighted by molar-refractivity contribution is 6.00. The molecule has 106 valence electrons. The molecule has 2 aliphatic rings. The van der Waals surface area contributed by atoms with E-state index in [1.165, 1.54) is 6.07 Å². The number of phenolic OH excluding ortho intramolecular Hbond substituents is 1. The Morgan fingerprint density at radius 2 is 2.05 bits per heavy atom. The van der Waals surface area contributed by atoms with Gasteiger partial charge < -0.3 is 19.9 Å². The van der Waals surface area contributed by atoms with Crippen LogP contribution in [0, 0.1) is 0 Å². The lowest BCUT2D eigenvalue weighted by Crippen LogP contribution is -2.50. The molecule has 0 spiro atoms. The first kappa shape index (κ1) is 12.7. The van der Waals surface area contributed by atoms with Crippen LogP contribution in [0.3, 0.4) is 0 Å². The van der Waals surface area contributed by atoms with E-state index >= 15 is 0 Å². The second kappa shape index (κ2) is 5.01. The number of hydrogen-bond donors (Lipinski definition) is 3. The molecule has 3 N–H and O–H groups in total. The molecule has 0 aromatic heterocycles. The number of phenols is 1. The van der Waals surface area contributed by atoms with Crippen molar-refractivity contribution in [3.63, 3.8) is 0 Å². The van der Waals surface area contributed by atoms with Crippen LogP contribution in [0.2, 0.25) is 0 Å². The van der Waals surface area contributed by atoms with Crippen molar-refractivity contribution in [3.05, 3.63) is 17.7 Å². The highest BCUT2D eigenvalue weighted by Gasteiger charge is 2.26. The third kappa shape index (κ3) is 2.39. The van der Waals surface area contributed by atoms with Gasteiger partial charge in [-0.3, -0.25) is 14.9 Å². The van der Waals surface area contributed by atoms with Gasteiger partial charge in [0.25, 0.3) is 0 Å². The highest BCUT2D eigenvalue weighted by Crippen LogP contribution is 2.37. The lowest BCUT2D eigenvalue weighted by atomic mass is 10.1. The number of benzene rings is 1. The molecule has 0 bridgehead atoms. The van der Waals surface area contributed by atoms with E-state index in [2.05, 4.69) is 10.6 Å². The van der Waals surface area contributed by atoms with Gasteiger partial charge in [0.2, 0.25) is 18.6 Å². The molecule has 3 rings (SSSR count). The van der Waals surface area contributed by atoms with Crippen LogP contribution in [0.5, 0.6) is 17.2 Å². The monoisotopic (exact) mass is 278 g/mol. The molecule has 0 aliphatic carbocycles. The summed E-state index contributed by atoms with van der Waals surface area (Å²) in [5.41, 5.74) is 0.610. The van der Waals surface area contributed by atoms with Crippen molar-refractivity contribution < 1.29 is 24.2 Å². The SMILES string of the molecule is O=C1CCC(NCc2cc3c(cc2O)OCO3)C(=O)N1. The fraction of sp³-hybridized carbons (Fsp3) is 0.385. The lowest BCUT2D eigenvalue weighted by molar-refractivity contribution is -0.134. The average molecular weight is 278 g/mol. The van der Waals surface area contributed by atoms with E-state index in [0.717, 1.165) is 0 Å². The van der Waals surface area contributed by atoms with Gasteiger partial charge in [0.05, 0.1) is 6.04 Å². The first-order chi connectivity index (χ1) is 9.63. The Morgan fingerprint density at radius 3 is 2.80 bits per heavy atom. The molecule has 1 atom stereocenters. The van der Waals surface area contributed by atoms with Crippen molar-refractivity contribution in [3.8, 4) is 17.2 Å². The molecule has 1 fully saturated rings. The second-order valence-corrected chi connectivity index (χ2v) is 4.72. The van der Waals surface area contributed by atoms with Crippen LogP contribution in [0.1, 0.15) is 18.4 Å². The standard InChI is InChI=1S/C13H14N2O5/c16-9-4-11-10(19-6-20-11)3-7(9)5-14-8-1-2-12(17)15-13(8)18/h3-4,8,14,16H,1-2,5-6H2,(H,15,17,18). The number of hydrogen-bond acceptors (Lipinski definition) is 6. The molecule has 0 saturated carbocycles. The molecule has 2 aliphatic heterocycles. The average Bonchev–Trinajstić information content (AvgIpc) is 2.84. The first-order valence-electron chi connectivity index (χ1n) is 6.32. The number of aromatic hydroxyl groups is 1. The van der Waals surface area contributed by atoms with Crippen LogP contribution in [-0.4, -0.2) is 29.8 Å². The Kier molecular flexibility index (Phi) is 3.19. The largest absolute Gasteiger partial charge is 0.507 e. The number of fused-ring (bicyclic) bond motifs is 1. The Balaban J connectivity index is 1.67. The van der Waals surface area contributed by atoms with Gasteiger partial charge in [-0.2, -0.15) is 0 Å². The maximum atomic E-state index is 11.6. The number of piperidine rings is 1. The van der Waals surface area contributed by atoms with Gasteiger partial charge in [-0.1, -0.05) is 0 Å². The van der Waals surface area contributed by atoms with Crippen LogP contribution in [-0.2, 0) is 16.1 Å². The quantitative estimate of drug-likeness (QED) is 0.674. The maximum Gasteiger partial charge on any atom is 0.243 e. The van der Waals surface area contributed by atoms with Crippen molar-refractivity contribution in [2.75, 3.05) is 6.79 Å². The fourth-order valence-electron chi connectivity index (χ4n) is 2.24. The number of carbonyl (C=O) groups is 2. The highest BCUT2D eigenvalue weighted by atomic mass is 16.7. The summed E-state index contributed by atoms with van der Waals surface area (Å²) >= 11 is 0. The van der Waals surface area contributed by atoms with Gasteiger partial charge in [-0.05, 0) is 12.5 Å². The molecule has 2 amide bonds. The van der Waals surface area contributed by atoms with Crippen LogP contribution in [0.15, 0.2) is 12.1 Å². The predicted molar refractivity (Wildman–Crippen MR) is 67.2 cm³/mol. The molecule has 1 unspecified atom stereocenters. The number of imide groups is 1. The summed E-state index contributed by atoms with van der Waals surface area (Å²) in [6, 6.07) is 2.73. The number of rotatable bonds is 3. The van der Waals surface area contributed by atoms with Crippen molar-refractivity contribution in [1.82, 2.24) is 10.6 Å². The van der Waals surface area contributed by atoms with Crippen molar-refractivity contribution in [2.45, 2.75) is 25.4 Å². The molecule has 1 aromatic rings. The number of amides is 2. The summed E-state index contributed by atoms with van der Waals surface area (Å²) in [7, 11) is 0. The third-order valence-corrected chi connectivity index (χ3v) is 3.35. The zero-order valence-electron chi connectivity index (χ0n) is 10.6. The van der Waals surface area contributed by atoms with Gasteiger partial charge in [0, 0.05) is 24.6 Å². The van der Waals surface area contributed by atoms with Crippen LogP contribution >= 0.6 is 0 Å². The van der Waals surface area contributed by atoms with Gasteiger partial charge in [-0.15, -0.1) is 0 Å². The Hall–Kier alpha value is -2.28. The fourth-order valence-corrected chi connectivity index (χ4v) is 2.24. The van der Waals surface area contributed by atoms with Gasteiger partial charge in [-0.25, -0.2) is 0 Å². The Bertz CT molecular complexity index is 572. The van der Waals surface area contributed by atoms with E-state index in [1.807, 2.05) is 0 Å². The summed E-state index contributed by atoms with van der Waals surface area (Å²) in [5.74, 6) is 0.574. The third-order valence-electron chi connectivity index (χ3n) is 3.35. The predicted octanol–water partition coefficient (Wildman–Crippen LogP) is 0.0157. The molecule has 1 saturated heterocycles. The van der Waals surface area contributed by atoms with Crippen molar-refractivity contribution in [2.24, 2.45) is 0 Å². The number of nitrogens with one attached hydrogen (secondary N) is 2. The van der Waals surface area contributed by atoms with Crippen molar-refractivity contribution >= 4 is 11.8 Å². The zero-order valence-corrected chi connectivity index (χ0v) is 10.6. The topological polar surface area (TPSA) is 96.9 Å². The zero-order chi connectivity index (χ0) is 14.1. The molecule has 7 nitrogen and oxygen atoms in total. The molecule has 1 aromatic carbocycles. The minimum atomic E-state index is -0.433. The molecule has 2 heterocycles. The normalized spacial score (nSPS) is 20.9. The first-order valence-corrected chi connectivity index (χ1v) is 6.32. The van der Waals surface area contributed by atoms with Gasteiger partial charge in [0.1, 0.15) is 5.75 Å². The Labute approximate surface area is 114 Å². The number of carbonyl (C=O) groups excluding carboxylic acids is 2.